The van der Waals surface area contributed by atoms with Crippen LogP contribution >= 0.6 is 0 Å². The molecule has 4 nitrogen and oxygen atoms in total. The zero-order valence-corrected chi connectivity index (χ0v) is 15.5. The van der Waals surface area contributed by atoms with Crippen LogP contribution in [0.2, 0.25) is 0 Å². The van der Waals surface area contributed by atoms with E-state index < -0.39 is 0 Å². The summed E-state index contributed by atoms with van der Waals surface area (Å²) in [5, 5.41) is 22.8. The molecule has 0 radical (unpaired) electrons. The van der Waals surface area contributed by atoms with Crippen molar-refractivity contribution in [3.8, 4) is 6.07 Å². The third kappa shape index (κ3) is 2.74. The lowest BCUT2D eigenvalue weighted by Gasteiger charge is -2.13. The van der Waals surface area contributed by atoms with Gasteiger partial charge >= 0.3 is 0 Å². The van der Waals surface area contributed by atoms with Crippen LogP contribution in [0.5, 0.6) is 0 Å². The second-order valence-corrected chi connectivity index (χ2v) is 6.75. The van der Waals surface area contributed by atoms with Gasteiger partial charge in [0.1, 0.15) is 11.8 Å². The monoisotopic (exact) mass is 353 g/mol. The van der Waals surface area contributed by atoms with Crippen molar-refractivity contribution in [2.75, 3.05) is 7.05 Å². The molecular formula is C23H19N3O. The van der Waals surface area contributed by atoms with Gasteiger partial charge < -0.3 is 15.0 Å². The van der Waals surface area contributed by atoms with E-state index in [2.05, 4.69) is 48.2 Å². The summed E-state index contributed by atoms with van der Waals surface area (Å²) in [5.74, 6) is 1.77. The Morgan fingerprint density at radius 1 is 1.00 bits per heavy atom. The van der Waals surface area contributed by atoms with Gasteiger partial charge in [-0.3, -0.25) is 0 Å². The summed E-state index contributed by atoms with van der Waals surface area (Å²) in [6, 6.07) is 18.5. The summed E-state index contributed by atoms with van der Waals surface area (Å²) in [4.78, 5) is 2.07. The maximum Gasteiger partial charge on any atom is 0.206 e. The van der Waals surface area contributed by atoms with E-state index in [1.54, 1.807) is 0 Å². The Hall–Kier alpha value is -3.58. The number of hydrogen-bond acceptors (Lipinski definition) is 4. The van der Waals surface area contributed by atoms with E-state index in [0.717, 1.165) is 55.5 Å². The van der Waals surface area contributed by atoms with Crippen molar-refractivity contribution in [2.24, 2.45) is 0 Å². The van der Waals surface area contributed by atoms with Crippen LogP contribution in [-0.4, -0.2) is 18.2 Å². The molecule has 0 aliphatic carbocycles. The highest BCUT2D eigenvalue weighted by atomic mass is 16.5. The lowest BCUT2D eigenvalue weighted by atomic mass is 10.0. The van der Waals surface area contributed by atoms with Gasteiger partial charge in [-0.2, -0.15) is 5.26 Å². The smallest absolute Gasteiger partial charge is 0.206 e. The Bertz CT molecular complexity index is 1310. The first kappa shape index (κ1) is 16.9. The molecule has 3 aromatic rings. The fourth-order valence-electron chi connectivity index (χ4n) is 3.41. The molecule has 132 valence electrons. The molecule has 1 N–H and O–H groups in total. The van der Waals surface area contributed by atoms with Crippen molar-refractivity contribution < 1.29 is 4.74 Å². The predicted molar refractivity (Wildman–Crippen MR) is 109 cm³/mol. The summed E-state index contributed by atoms with van der Waals surface area (Å²) < 4.78 is 5.94. The zero-order chi connectivity index (χ0) is 19.1. The number of benzene rings is 3. The fourth-order valence-corrected chi connectivity index (χ4v) is 3.41. The molecule has 1 aliphatic heterocycles. The third-order valence-corrected chi connectivity index (χ3v) is 5.19. The Kier molecular flexibility index (Phi) is 3.93. The molecule has 0 unspecified atom stereocenters. The minimum atomic E-state index is 0.364. The molecule has 1 aliphatic rings. The highest BCUT2D eigenvalue weighted by Gasteiger charge is 2.20. The lowest BCUT2D eigenvalue weighted by molar-refractivity contribution is 0.354. The Morgan fingerprint density at radius 3 is 2.26 bits per heavy atom. The standard InChI is InChI=1S/C23H19N3O/c1-14-15(2)27-23(26(14)3)19-7-6-17-8-20-10-18(22(12-24)13-25)5-4-16(20)9-21(17)11-19/h4-12,24H,1-3H3/b22-18-,23-19+,24-12?. The predicted octanol–water partition coefficient (Wildman–Crippen LogP) is 3.60. The number of nitrogens with zero attached hydrogens (tertiary/aromatic N) is 2. The minimum absolute atomic E-state index is 0.364. The Balaban J connectivity index is 1.93. The van der Waals surface area contributed by atoms with Crippen LogP contribution in [0.1, 0.15) is 13.8 Å². The van der Waals surface area contributed by atoms with E-state index in [9.17, 15) is 0 Å². The fraction of sp³-hybridized carbons (Fsp3) is 0.130. The molecule has 0 aromatic heterocycles. The molecule has 4 heteroatoms. The molecule has 0 atom stereocenters. The second kappa shape index (κ2) is 6.30. The Morgan fingerprint density at radius 2 is 1.67 bits per heavy atom. The average molecular weight is 353 g/mol. The molecule has 0 amide bonds. The summed E-state index contributed by atoms with van der Waals surface area (Å²) in [6.45, 7) is 4.03. The number of allylic oxidation sites excluding steroid dienone is 2. The van der Waals surface area contributed by atoms with Crippen LogP contribution in [0.15, 0.2) is 60.0 Å². The number of ether oxygens (including phenoxy) is 1. The third-order valence-electron chi connectivity index (χ3n) is 5.19. The first-order valence-electron chi connectivity index (χ1n) is 8.73. The molecule has 4 rings (SSSR count). The van der Waals surface area contributed by atoms with Crippen molar-refractivity contribution in [3.05, 3.63) is 70.4 Å². The summed E-state index contributed by atoms with van der Waals surface area (Å²) in [5.41, 5.74) is 1.48. The Labute approximate surface area is 157 Å². The van der Waals surface area contributed by atoms with E-state index in [-0.39, 0.29) is 0 Å². The lowest BCUT2D eigenvalue weighted by Crippen LogP contribution is -2.18. The van der Waals surface area contributed by atoms with Gasteiger partial charge in [0.25, 0.3) is 0 Å². The number of nitriles is 1. The molecule has 1 heterocycles. The molecule has 0 fully saturated rings. The van der Waals surface area contributed by atoms with E-state index >= 15 is 0 Å². The quantitative estimate of drug-likeness (QED) is 0.537. The highest BCUT2D eigenvalue weighted by Crippen LogP contribution is 2.27. The van der Waals surface area contributed by atoms with Gasteiger partial charge in [-0.1, -0.05) is 18.2 Å². The molecular weight excluding hydrogens is 334 g/mol. The maximum absolute atomic E-state index is 9.16. The normalized spacial score (nSPS) is 17.2. The van der Waals surface area contributed by atoms with E-state index in [1.165, 1.54) is 0 Å². The average Bonchev–Trinajstić information content (AvgIpc) is 2.94. The number of fused-ring (bicyclic) bond motifs is 2. The number of hydrogen-bond donors (Lipinski definition) is 1. The summed E-state index contributed by atoms with van der Waals surface area (Å²) in [7, 11) is 2.01. The van der Waals surface area contributed by atoms with E-state index in [4.69, 9.17) is 15.4 Å². The van der Waals surface area contributed by atoms with Gasteiger partial charge in [0, 0.05) is 18.5 Å². The van der Waals surface area contributed by atoms with Crippen LogP contribution in [0.4, 0.5) is 0 Å². The minimum Gasteiger partial charge on any atom is -0.443 e. The summed E-state index contributed by atoms with van der Waals surface area (Å²) >= 11 is 0. The van der Waals surface area contributed by atoms with Crippen LogP contribution < -0.4 is 10.4 Å². The molecule has 0 bridgehead atoms. The number of nitrogens with one attached hydrogen (secondary N) is 1. The van der Waals surface area contributed by atoms with Crippen molar-refractivity contribution >= 4 is 39.2 Å². The van der Waals surface area contributed by atoms with Crippen LogP contribution in [0.25, 0.3) is 33.0 Å². The van der Waals surface area contributed by atoms with Crippen molar-refractivity contribution in [3.63, 3.8) is 0 Å². The maximum atomic E-state index is 9.16. The summed E-state index contributed by atoms with van der Waals surface area (Å²) in [6.07, 6.45) is 1.10. The molecule has 0 spiro atoms. The van der Waals surface area contributed by atoms with Crippen molar-refractivity contribution in [1.29, 1.82) is 10.7 Å². The van der Waals surface area contributed by atoms with Crippen molar-refractivity contribution in [2.45, 2.75) is 13.8 Å². The number of rotatable bonds is 1. The molecule has 0 saturated carbocycles. The first-order valence-corrected chi connectivity index (χ1v) is 8.73. The zero-order valence-electron chi connectivity index (χ0n) is 15.5. The van der Waals surface area contributed by atoms with Gasteiger partial charge in [-0.15, -0.1) is 0 Å². The highest BCUT2D eigenvalue weighted by molar-refractivity contribution is 6.07. The van der Waals surface area contributed by atoms with Gasteiger partial charge in [0.15, 0.2) is 0 Å². The van der Waals surface area contributed by atoms with Crippen LogP contribution in [-0.2, 0) is 4.74 Å². The van der Waals surface area contributed by atoms with Gasteiger partial charge in [0.05, 0.1) is 11.3 Å². The molecule has 27 heavy (non-hydrogen) atoms. The van der Waals surface area contributed by atoms with Crippen LogP contribution in [0, 0.1) is 16.7 Å². The first-order chi connectivity index (χ1) is 13.0. The van der Waals surface area contributed by atoms with E-state index in [0.29, 0.717) is 5.57 Å². The topological polar surface area (TPSA) is 60.1 Å². The second-order valence-electron chi connectivity index (χ2n) is 6.75. The van der Waals surface area contributed by atoms with E-state index in [1.807, 2.05) is 32.2 Å². The van der Waals surface area contributed by atoms with Crippen molar-refractivity contribution in [1.82, 2.24) is 4.90 Å². The van der Waals surface area contributed by atoms with Crippen LogP contribution in [0.3, 0.4) is 0 Å². The van der Waals surface area contributed by atoms with Gasteiger partial charge in [-0.25, -0.2) is 0 Å². The van der Waals surface area contributed by atoms with Gasteiger partial charge in [0.2, 0.25) is 5.88 Å². The molecule has 0 saturated heterocycles. The van der Waals surface area contributed by atoms with Gasteiger partial charge in [-0.05, 0) is 70.9 Å². The largest absolute Gasteiger partial charge is 0.443 e. The SMILES string of the molecule is CC1=C(C)N(C)/C(=c2/ccc3cc4c/c(=C(\C#N)C=N)ccc4cc3c2)O1. The molecule has 3 aromatic carbocycles.